The van der Waals surface area contributed by atoms with Gasteiger partial charge in [0.15, 0.2) is 0 Å². The summed E-state index contributed by atoms with van der Waals surface area (Å²) >= 11 is 0. The second-order valence-corrected chi connectivity index (χ2v) is 7.48. The maximum atomic E-state index is 11.9. The SMILES string of the molecule is CCCCC1C(=C2CC2)C(O)(CCc2ccccn2)c2ccccc21. The minimum atomic E-state index is -0.807. The van der Waals surface area contributed by atoms with Gasteiger partial charge in [-0.2, -0.15) is 0 Å². The highest BCUT2D eigenvalue weighted by atomic mass is 16.3. The molecule has 1 aromatic carbocycles. The van der Waals surface area contributed by atoms with Gasteiger partial charge in [0.2, 0.25) is 0 Å². The van der Waals surface area contributed by atoms with E-state index in [4.69, 9.17) is 0 Å². The molecule has 25 heavy (non-hydrogen) atoms. The van der Waals surface area contributed by atoms with Gasteiger partial charge in [-0.05, 0) is 60.9 Å². The van der Waals surface area contributed by atoms with Crippen LogP contribution in [-0.4, -0.2) is 10.1 Å². The molecule has 2 aromatic rings. The Balaban J connectivity index is 1.70. The van der Waals surface area contributed by atoms with Crippen LogP contribution in [0.2, 0.25) is 0 Å². The largest absolute Gasteiger partial charge is 0.381 e. The van der Waals surface area contributed by atoms with Crippen molar-refractivity contribution in [1.82, 2.24) is 4.98 Å². The maximum absolute atomic E-state index is 11.9. The van der Waals surface area contributed by atoms with E-state index in [0.29, 0.717) is 5.92 Å². The van der Waals surface area contributed by atoms with Crippen LogP contribution in [0.25, 0.3) is 0 Å². The van der Waals surface area contributed by atoms with Gasteiger partial charge in [0, 0.05) is 17.8 Å². The zero-order valence-electron chi connectivity index (χ0n) is 15.0. The van der Waals surface area contributed by atoms with E-state index < -0.39 is 5.60 Å². The molecule has 1 saturated carbocycles. The van der Waals surface area contributed by atoms with Crippen LogP contribution < -0.4 is 0 Å². The van der Waals surface area contributed by atoms with Crippen molar-refractivity contribution in [3.63, 3.8) is 0 Å². The first-order chi connectivity index (χ1) is 12.2. The molecule has 130 valence electrons. The number of aromatic nitrogens is 1. The topological polar surface area (TPSA) is 33.1 Å². The van der Waals surface area contributed by atoms with Gasteiger partial charge in [-0.1, -0.05) is 55.7 Å². The van der Waals surface area contributed by atoms with Gasteiger partial charge in [0.25, 0.3) is 0 Å². The Labute approximate surface area is 150 Å². The average Bonchev–Trinajstić information content (AvgIpc) is 3.45. The first-order valence-corrected chi connectivity index (χ1v) is 9.68. The normalized spacial score (nSPS) is 24.5. The molecule has 1 aromatic heterocycles. The number of pyridine rings is 1. The standard InChI is InChI=1S/C23H27NO/c1-2-3-9-20-19-10-4-5-11-21(19)23(25,22(20)17-12-13-17)15-14-18-8-6-7-16-24-18/h4-8,10-11,16,20,25H,2-3,9,12-15H2,1H3. The van der Waals surface area contributed by atoms with Gasteiger partial charge in [-0.25, -0.2) is 0 Å². The molecular formula is C23H27NO. The molecule has 1 fully saturated rings. The summed E-state index contributed by atoms with van der Waals surface area (Å²) in [6, 6.07) is 14.6. The average molecular weight is 333 g/mol. The molecule has 0 spiro atoms. The van der Waals surface area contributed by atoms with Gasteiger partial charge >= 0.3 is 0 Å². The van der Waals surface area contributed by atoms with Crippen LogP contribution in [0.4, 0.5) is 0 Å². The summed E-state index contributed by atoms with van der Waals surface area (Å²) in [5.74, 6) is 0.405. The second-order valence-electron chi connectivity index (χ2n) is 7.48. The zero-order valence-corrected chi connectivity index (χ0v) is 15.0. The van der Waals surface area contributed by atoms with Gasteiger partial charge in [-0.15, -0.1) is 0 Å². The van der Waals surface area contributed by atoms with Crippen LogP contribution in [-0.2, 0) is 12.0 Å². The first kappa shape index (κ1) is 16.5. The summed E-state index contributed by atoms with van der Waals surface area (Å²) in [7, 11) is 0. The summed E-state index contributed by atoms with van der Waals surface area (Å²) < 4.78 is 0. The van der Waals surface area contributed by atoms with E-state index in [9.17, 15) is 5.11 Å². The van der Waals surface area contributed by atoms with Gasteiger partial charge in [-0.3, -0.25) is 4.98 Å². The molecule has 0 aliphatic heterocycles. The van der Waals surface area contributed by atoms with E-state index in [0.717, 1.165) is 43.4 Å². The number of aryl methyl sites for hydroxylation is 1. The zero-order chi connectivity index (χ0) is 17.3. The van der Waals surface area contributed by atoms with Crippen molar-refractivity contribution in [1.29, 1.82) is 0 Å². The number of unbranched alkanes of at least 4 members (excludes halogenated alkanes) is 1. The molecule has 0 saturated heterocycles. The Morgan fingerprint density at radius 2 is 1.92 bits per heavy atom. The van der Waals surface area contributed by atoms with Crippen LogP contribution in [0.1, 0.15) is 68.2 Å². The van der Waals surface area contributed by atoms with Gasteiger partial charge in [0.1, 0.15) is 5.60 Å². The summed E-state index contributed by atoms with van der Waals surface area (Å²) in [4.78, 5) is 4.45. The van der Waals surface area contributed by atoms with E-state index in [1.807, 2.05) is 18.3 Å². The van der Waals surface area contributed by atoms with Crippen LogP contribution in [0.5, 0.6) is 0 Å². The summed E-state index contributed by atoms with van der Waals surface area (Å²) in [6.07, 6.45) is 9.27. The number of benzene rings is 1. The van der Waals surface area contributed by atoms with E-state index in [1.165, 1.54) is 29.6 Å². The number of hydrogen-bond acceptors (Lipinski definition) is 2. The van der Waals surface area contributed by atoms with Gasteiger partial charge in [0.05, 0.1) is 0 Å². The van der Waals surface area contributed by atoms with Crippen molar-refractivity contribution < 1.29 is 5.11 Å². The van der Waals surface area contributed by atoms with Gasteiger partial charge < -0.3 is 5.11 Å². The molecule has 2 nitrogen and oxygen atoms in total. The number of rotatable bonds is 6. The van der Waals surface area contributed by atoms with Crippen LogP contribution >= 0.6 is 0 Å². The summed E-state index contributed by atoms with van der Waals surface area (Å²) in [5.41, 5.74) is 5.58. The lowest BCUT2D eigenvalue weighted by Gasteiger charge is -2.28. The molecule has 0 bridgehead atoms. The lowest BCUT2D eigenvalue weighted by atomic mass is 9.83. The Morgan fingerprint density at radius 1 is 1.12 bits per heavy atom. The highest BCUT2D eigenvalue weighted by Gasteiger charge is 2.48. The maximum Gasteiger partial charge on any atom is 0.112 e. The van der Waals surface area contributed by atoms with Crippen molar-refractivity contribution in [2.24, 2.45) is 0 Å². The van der Waals surface area contributed by atoms with Crippen molar-refractivity contribution >= 4 is 0 Å². The number of nitrogens with zero attached hydrogens (tertiary/aromatic N) is 1. The van der Waals surface area contributed by atoms with Crippen molar-refractivity contribution in [3.05, 3.63) is 76.6 Å². The lowest BCUT2D eigenvalue weighted by Crippen LogP contribution is -2.26. The number of aliphatic hydroxyl groups is 1. The van der Waals surface area contributed by atoms with E-state index >= 15 is 0 Å². The van der Waals surface area contributed by atoms with Crippen molar-refractivity contribution in [2.75, 3.05) is 0 Å². The molecule has 0 radical (unpaired) electrons. The Bertz CT molecular complexity index is 774. The molecule has 2 aliphatic rings. The Kier molecular flexibility index (Phi) is 4.47. The minimum Gasteiger partial charge on any atom is -0.381 e. The first-order valence-electron chi connectivity index (χ1n) is 9.68. The highest BCUT2D eigenvalue weighted by Crippen LogP contribution is 2.57. The summed E-state index contributed by atoms with van der Waals surface area (Å²) in [6.45, 7) is 2.25. The molecule has 1 heterocycles. The van der Waals surface area contributed by atoms with Crippen molar-refractivity contribution in [2.45, 2.75) is 63.4 Å². The van der Waals surface area contributed by atoms with E-state index in [-0.39, 0.29) is 0 Å². The third-order valence-corrected chi connectivity index (χ3v) is 5.77. The number of hydrogen-bond donors (Lipinski definition) is 1. The van der Waals surface area contributed by atoms with Crippen molar-refractivity contribution in [3.8, 4) is 0 Å². The fourth-order valence-corrected chi connectivity index (χ4v) is 4.47. The monoisotopic (exact) mass is 333 g/mol. The molecule has 2 atom stereocenters. The molecule has 2 unspecified atom stereocenters. The van der Waals surface area contributed by atoms with Crippen LogP contribution in [0.15, 0.2) is 59.8 Å². The second kappa shape index (κ2) is 6.76. The minimum absolute atomic E-state index is 0.405. The lowest BCUT2D eigenvalue weighted by molar-refractivity contribution is 0.0687. The predicted molar refractivity (Wildman–Crippen MR) is 101 cm³/mol. The number of allylic oxidation sites excluding steroid dienone is 1. The van der Waals surface area contributed by atoms with E-state index in [2.05, 4.69) is 42.2 Å². The number of fused-ring (bicyclic) bond motifs is 1. The highest BCUT2D eigenvalue weighted by molar-refractivity contribution is 5.56. The smallest absolute Gasteiger partial charge is 0.112 e. The summed E-state index contributed by atoms with van der Waals surface area (Å²) in [5, 5.41) is 11.9. The molecule has 1 N–H and O–H groups in total. The van der Waals surface area contributed by atoms with Crippen LogP contribution in [0.3, 0.4) is 0 Å². The Hall–Kier alpha value is -1.93. The quantitative estimate of drug-likeness (QED) is 0.730. The third-order valence-electron chi connectivity index (χ3n) is 5.77. The fourth-order valence-electron chi connectivity index (χ4n) is 4.47. The Morgan fingerprint density at radius 3 is 2.64 bits per heavy atom. The fraction of sp³-hybridized carbons (Fsp3) is 0.435. The predicted octanol–water partition coefficient (Wildman–Crippen LogP) is 5.28. The van der Waals surface area contributed by atoms with Crippen LogP contribution in [0, 0.1) is 0 Å². The molecule has 2 heteroatoms. The third kappa shape index (κ3) is 3.04. The van der Waals surface area contributed by atoms with E-state index in [1.54, 1.807) is 0 Å². The molecule has 4 rings (SSSR count). The molecule has 2 aliphatic carbocycles. The molecular weight excluding hydrogens is 306 g/mol. The molecule has 0 amide bonds.